The standard InChI is InChI=1S/C27H32N4O2S.2ClH/c32-26(33-20-27-13-17-31(18-14-27)19-15-27)30-24-23(22-11-5-2-6-12-22)34-25(29-24)28-16-7-10-21-8-3-1-4-9-21;;/h1-6,8-9,11-12H,7,10,13-20H2,(H,28,29)(H,30,32);2*1H. The lowest BCUT2D eigenvalue weighted by molar-refractivity contribution is -0.0190. The van der Waals surface area contributed by atoms with Gasteiger partial charge in [0.05, 0.1) is 11.5 Å². The number of amides is 1. The normalized spacial score (nSPS) is 20.1. The van der Waals surface area contributed by atoms with Gasteiger partial charge in [-0.2, -0.15) is 0 Å². The minimum absolute atomic E-state index is 0. The number of nitrogens with one attached hydrogen (secondary N) is 2. The van der Waals surface area contributed by atoms with Crippen molar-refractivity contribution in [1.82, 2.24) is 9.88 Å². The van der Waals surface area contributed by atoms with Crippen molar-refractivity contribution in [3.05, 3.63) is 66.2 Å². The molecule has 194 valence electrons. The topological polar surface area (TPSA) is 66.5 Å². The van der Waals surface area contributed by atoms with Crippen molar-refractivity contribution in [2.75, 3.05) is 43.4 Å². The number of ether oxygens (including phenoxy) is 1. The minimum atomic E-state index is -0.416. The molecule has 36 heavy (non-hydrogen) atoms. The van der Waals surface area contributed by atoms with Gasteiger partial charge in [-0.25, -0.2) is 9.78 Å². The van der Waals surface area contributed by atoms with Crippen LogP contribution in [0.1, 0.15) is 31.2 Å². The average molecular weight is 550 g/mol. The highest BCUT2D eigenvalue weighted by molar-refractivity contribution is 7.19. The quantitative estimate of drug-likeness (QED) is 0.290. The van der Waals surface area contributed by atoms with E-state index in [4.69, 9.17) is 9.72 Å². The van der Waals surface area contributed by atoms with Gasteiger partial charge in [0.2, 0.25) is 0 Å². The van der Waals surface area contributed by atoms with E-state index in [2.05, 4.69) is 39.8 Å². The third kappa shape index (κ3) is 7.13. The van der Waals surface area contributed by atoms with E-state index >= 15 is 0 Å². The summed E-state index contributed by atoms with van der Waals surface area (Å²) in [7, 11) is 0. The van der Waals surface area contributed by atoms with E-state index < -0.39 is 6.09 Å². The van der Waals surface area contributed by atoms with E-state index in [1.54, 1.807) is 11.3 Å². The molecule has 6 nitrogen and oxygen atoms in total. The fourth-order valence-corrected chi connectivity index (χ4v) is 5.81. The number of rotatable bonds is 9. The van der Waals surface area contributed by atoms with E-state index in [0.717, 1.165) is 73.9 Å². The summed E-state index contributed by atoms with van der Waals surface area (Å²) in [4.78, 5) is 20.9. The summed E-state index contributed by atoms with van der Waals surface area (Å²) >= 11 is 1.56. The number of hydrogen-bond donors (Lipinski definition) is 2. The number of piperidine rings is 3. The van der Waals surface area contributed by atoms with Crippen molar-refractivity contribution in [2.24, 2.45) is 5.41 Å². The molecule has 6 rings (SSSR count). The molecule has 1 aromatic heterocycles. The van der Waals surface area contributed by atoms with Gasteiger partial charge >= 0.3 is 6.09 Å². The number of fused-ring (bicyclic) bond motifs is 3. The molecule has 4 heterocycles. The van der Waals surface area contributed by atoms with Crippen molar-refractivity contribution in [3.8, 4) is 10.4 Å². The zero-order valence-electron chi connectivity index (χ0n) is 20.3. The summed E-state index contributed by atoms with van der Waals surface area (Å²) in [6, 6.07) is 20.6. The number of benzene rings is 2. The molecule has 0 spiro atoms. The second-order valence-electron chi connectivity index (χ2n) is 9.37. The number of nitrogens with zero attached hydrogens (tertiary/aromatic N) is 2. The smallest absolute Gasteiger partial charge is 0.412 e. The molecular weight excluding hydrogens is 515 g/mol. The number of aryl methyl sites for hydroxylation is 1. The van der Waals surface area contributed by atoms with Crippen LogP contribution >= 0.6 is 36.2 Å². The molecule has 0 atom stereocenters. The van der Waals surface area contributed by atoms with Crippen LogP contribution in [0.3, 0.4) is 0 Å². The Morgan fingerprint density at radius 2 is 1.61 bits per heavy atom. The second kappa shape index (κ2) is 13.3. The zero-order valence-corrected chi connectivity index (χ0v) is 22.7. The largest absolute Gasteiger partial charge is 0.449 e. The Hall–Kier alpha value is -2.32. The highest BCUT2D eigenvalue weighted by atomic mass is 35.5. The van der Waals surface area contributed by atoms with Crippen molar-refractivity contribution in [3.63, 3.8) is 0 Å². The van der Waals surface area contributed by atoms with Crippen molar-refractivity contribution >= 4 is 53.2 Å². The van der Waals surface area contributed by atoms with Crippen LogP contribution in [0, 0.1) is 5.41 Å². The lowest BCUT2D eigenvalue weighted by atomic mass is 9.73. The summed E-state index contributed by atoms with van der Waals surface area (Å²) in [6.45, 7) is 4.67. The molecule has 3 aromatic rings. The first-order valence-corrected chi connectivity index (χ1v) is 13.0. The van der Waals surface area contributed by atoms with Gasteiger partial charge in [0.25, 0.3) is 0 Å². The van der Waals surface area contributed by atoms with Crippen molar-refractivity contribution in [2.45, 2.75) is 32.1 Å². The summed E-state index contributed by atoms with van der Waals surface area (Å²) in [5.74, 6) is 0.558. The molecule has 0 saturated carbocycles. The van der Waals surface area contributed by atoms with Crippen LogP contribution in [-0.4, -0.2) is 48.8 Å². The molecule has 2 N–H and O–H groups in total. The Morgan fingerprint density at radius 3 is 2.28 bits per heavy atom. The van der Waals surface area contributed by atoms with Gasteiger partial charge in [0.15, 0.2) is 10.9 Å². The lowest BCUT2D eigenvalue weighted by Crippen LogP contribution is -2.50. The Bertz CT molecular complexity index is 1080. The average Bonchev–Trinajstić information content (AvgIpc) is 3.30. The molecule has 2 aromatic carbocycles. The summed E-state index contributed by atoms with van der Waals surface area (Å²) in [5.41, 5.74) is 2.52. The molecule has 3 saturated heterocycles. The van der Waals surface area contributed by atoms with Gasteiger partial charge < -0.3 is 15.0 Å². The fourth-order valence-electron chi connectivity index (χ4n) is 4.86. The number of hydrogen-bond acceptors (Lipinski definition) is 6. The second-order valence-corrected chi connectivity index (χ2v) is 10.4. The summed E-state index contributed by atoms with van der Waals surface area (Å²) in [5, 5.41) is 7.17. The molecule has 0 aliphatic carbocycles. The predicted octanol–water partition coefficient (Wildman–Crippen LogP) is 6.73. The Kier molecular flexibility index (Phi) is 10.4. The number of carbonyl (C=O) groups excluding carboxylic acids is 1. The molecule has 3 aliphatic rings. The van der Waals surface area contributed by atoms with Crippen molar-refractivity contribution < 1.29 is 9.53 Å². The van der Waals surface area contributed by atoms with Gasteiger partial charge in [0, 0.05) is 12.0 Å². The molecule has 0 unspecified atom stereocenters. The Labute approximate surface area is 229 Å². The van der Waals surface area contributed by atoms with E-state index in [9.17, 15) is 4.79 Å². The monoisotopic (exact) mass is 548 g/mol. The predicted molar refractivity (Wildman–Crippen MR) is 153 cm³/mol. The first-order chi connectivity index (χ1) is 16.7. The van der Waals surface area contributed by atoms with E-state index in [-0.39, 0.29) is 30.2 Å². The van der Waals surface area contributed by atoms with Crippen molar-refractivity contribution in [1.29, 1.82) is 0 Å². The van der Waals surface area contributed by atoms with E-state index in [0.29, 0.717) is 12.4 Å². The van der Waals surface area contributed by atoms with Crippen LogP contribution in [0.4, 0.5) is 15.7 Å². The molecule has 3 aliphatic heterocycles. The number of anilines is 2. The van der Waals surface area contributed by atoms with Crippen LogP contribution < -0.4 is 10.6 Å². The van der Waals surface area contributed by atoms with Crippen LogP contribution in [0.25, 0.3) is 10.4 Å². The third-order valence-corrected chi connectivity index (χ3v) is 8.09. The van der Waals surface area contributed by atoms with E-state index in [1.165, 1.54) is 5.56 Å². The Morgan fingerprint density at radius 1 is 0.972 bits per heavy atom. The maximum absolute atomic E-state index is 12.7. The number of thiazole rings is 1. The molecule has 2 bridgehead atoms. The molecule has 1 amide bonds. The van der Waals surface area contributed by atoms with Crippen LogP contribution in [0.5, 0.6) is 0 Å². The van der Waals surface area contributed by atoms with Gasteiger partial charge in [-0.05, 0) is 62.9 Å². The number of halogens is 2. The molecular formula is C27H34Cl2N4O2S. The van der Waals surface area contributed by atoms with Crippen LogP contribution in [-0.2, 0) is 11.2 Å². The molecule has 0 radical (unpaired) electrons. The fraction of sp³-hybridized carbons (Fsp3) is 0.407. The summed E-state index contributed by atoms with van der Waals surface area (Å²) < 4.78 is 5.73. The van der Waals surface area contributed by atoms with E-state index in [1.807, 2.05) is 36.4 Å². The Balaban J connectivity index is 0.00000180. The maximum atomic E-state index is 12.7. The minimum Gasteiger partial charge on any atom is -0.449 e. The summed E-state index contributed by atoms with van der Waals surface area (Å²) in [6.07, 6.45) is 4.95. The SMILES string of the molecule is Cl.Cl.O=C(Nc1nc(NCCCc2ccccc2)sc1-c1ccccc1)OCC12CCN(CC1)CC2. The zero-order chi connectivity index (χ0) is 23.2. The highest BCUT2D eigenvalue weighted by Gasteiger charge is 2.40. The third-order valence-electron chi connectivity index (χ3n) is 7.03. The first kappa shape index (κ1) is 28.3. The van der Waals surface area contributed by atoms with Gasteiger partial charge in [-0.15, -0.1) is 24.8 Å². The molecule has 9 heteroatoms. The molecule has 3 fully saturated rings. The highest BCUT2D eigenvalue weighted by Crippen LogP contribution is 2.40. The van der Waals surface area contributed by atoms with Crippen LogP contribution in [0.2, 0.25) is 0 Å². The number of aromatic nitrogens is 1. The first-order valence-electron chi connectivity index (χ1n) is 12.2. The lowest BCUT2D eigenvalue weighted by Gasteiger charge is -2.47. The van der Waals surface area contributed by atoms with Crippen LogP contribution in [0.15, 0.2) is 60.7 Å². The van der Waals surface area contributed by atoms with Gasteiger partial charge in [-0.3, -0.25) is 5.32 Å². The number of carbonyl (C=O) groups is 1. The van der Waals surface area contributed by atoms with Gasteiger partial charge in [0.1, 0.15) is 0 Å². The van der Waals surface area contributed by atoms with Gasteiger partial charge in [-0.1, -0.05) is 72.0 Å². The maximum Gasteiger partial charge on any atom is 0.412 e.